The lowest BCUT2D eigenvalue weighted by atomic mass is 9.81. The van der Waals surface area contributed by atoms with Crippen molar-refractivity contribution in [2.75, 3.05) is 13.2 Å². The summed E-state index contributed by atoms with van der Waals surface area (Å²) in [7, 11) is 0. The standard InChI is InChI=1S/C48H47N7O9/c1-6-30-32-19-29(56)9-10-37(32)50-44-34(30)23-54-26(5)35-24-63-46(61)48(7-2,36(35)21-39(44)54)64-43(60)13-12-42(59)49-15-17-53-16-14-27-18-28(8-11-38(27)53)55-45(51-52-47(55)62)33-20-31(25(3)4)40(57)22-41(33)58/h8-11,14,16,18-22,25,56-58H,5-7,12-13,15,17,23-24H2,1-4H3,(H,49,59)(H,52,62). The quantitative estimate of drug-likeness (QED) is 0.0851. The van der Waals surface area contributed by atoms with E-state index in [0.29, 0.717) is 47.6 Å². The fourth-order valence-electron chi connectivity index (χ4n) is 9.17. The molecule has 1 unspecified atom stereocenters. The Hall–Kier alpha value is -7.62. The number of aromatic hydroxyl groups is 3. The maximum Gasteiger partial charge on any atom is 0.355 e. The number of esters is 2. The molecule has 0 bridgehead atoms. The fourth-order valence-corrected chi connectivity index (χ4v) is 9.17. The zero-order valence-corrected chi connectivity index (χ0v) is 35.8. The fraction of sp³-hybridized carbons (Fsp3) is 0.292. The van der Waals surface area contributed by atoms with E-state index in [2.05, 4.69) is 29.0 Å². The molecule has 6 heterocycles. The van der Waals surface area contributed by atoms with Crippen molar-refractivity contribution in [2.24, 2.45) is 0 Å². The van der Waals surface area contributed by atoms with Crippen molar-refractivity contribution < 1.29 is 39.2 Å². The largest absolute Gasteiger partial charge is 0.508 e. The second kappa shape index (κ2) is 15.9. The predicted octanol–water partition coefficient (Wildman–Crippen LogP) is 6.36. The predicted molar refractivity (Wildman–Crippen MR) is 237 cm³/mol. The van der Waals surface area contributed by atoms with Crippen LogP contribution in [0.5, 0.6) is 17.2 Å². The first-order valence-corrected chi connectivity index (χ1v) is 21.3. The monoisotopic (exact) mass is 865 g/mol. The third-order valence-corrected chi connectivity index (χ3v) is 12.5. The van der Waals surface area contributed by atoms with Gasteiger partial charge in [0.25, 0.3) is 0 Å². The van der Waals surface area contributed by atoms with Crippen molar-refractivity contribution in [2.45, 2.75) is 78.0 Å². The van der Waals surface area contributed by atoms with Crippen molar-refractivity contribution in [3.05, 3.63) is 123 Å². The molecular formula is C48H47N7O9. The molecule has 0 spiro atoms. The molecule has 3 aliphatic heterocycles. The minimum Gasteiger partial charge on any atom is -0.508 e. The number of phenolic OH excluding ortho intramolecular Hbond substituents is 3. The average Bonchev–Trinajstić information content (AvgIpc) is 3.97. The number of aromatic nitrogens is 5. The minimum atomic E-state index is -1.75. The van der Waals surface area contributed by atoms with E-state index in [1.807, 2.05) is 53.8 Å². The summed E-state index contributed by atoms with van der Waals surface area (Å²) in [5.41, 5.74) is 5.97. The molecule has 16 heteroatoms. The molecule has 328 valence electrons. The summed E-state index contributed by atoms with van der Waals surface area (Å²) in [4.78, 5) is 60.2. The van der Waals surface area contributed by atoms with Crippen LogP contribution < -0.4 is 11.0 Å². The van der Waals surface area contributed by atoms with Crippen LogP contribution in [0.4, 0.5) is 0 Å². The Kier molecular flexibility index (Phi) is 10.4. The van der Waals surface area contributed by atoms with Gasteiger partial charge in [0, 0.05) is 70.5 Å². The van der Waals surface area contributed by atoms with Gasteiger partial charge in [-0.2, -0.15) is 5.10 Å². The topological polar surface area (TPSA) is 214 Å². The summed E-state index contributed by atoms with van der Waals surface area (Å²) in [6.07, 6.45) is 4.06. The molecule has 3 aromatic heterocycles. The van der Waals surface area contributed by atoms with Gasteiger partial charge >= 0.3 is 17.6 Å². The number of carbonyl (C=O) groups excluding carboxylic acids is 3. The van der Waals surface area contributed by atoms with E-state index in [4.69, 9.17) is 14.5 Å². The molecule has 5 N–H and O–H groups in total. The van der Waals surface area contributed by atoms with Gasteiger partial charge in [-0.3, -0.25) is 9.59 Å². The molecule has 3 aliphatic rings. The Labute approximate surface area is 366 Å². The van der Waals surface area contributed by atoms with Crippen LogP contribution in [0.15, 0.2) is 95.1 Å². The third kappa shape index (κ3) is 6.85. The summed E-state index contributed by atoms with van der Waals surface area (Å²) < 4.78 is 15.0. The third-order valence-electron chi connectivity index (χ3n) is 12.5. The van der Waals surface area contributed by atoms with Gasteiger partial charge in [0.05, 0.1) is 41.1 Å². The summed E-state index contributed by atoms with van der Waals surface area (Å²) >= 11 is 0. The minimum absolute atomic E-state index is 0.0376. The first-order chi connectivity index (χ1) is 30.7. The van der Waals surface area contributed by atoms with Crippen LogP contribution in [0.3, 0.4) is 0 Å². The lowest BCUT2D eigenvalue weighted by Gasteiger charge is -2.41. The smallest absolute Gasteiger partial charge is 0.355 e. The highest BCUT2D eigenvalue weighted by Gasteiger charge is 2.52. The Morgan fingerprint density at radius 1 is 1.03 bits per heavy atom. The van der Waals surface area contributed by atoms with Gasteiger partial charge in [0.2, 0.25) is 11.5 Å². The molecule has 1 amide bonds. The van der Waals surface area contributed by atoms with Gasteiger partial charge < -0.3 is 39.6 Å². The zero-order valence-electron chi connectivity index (χ0n) is 35.8. The summed E-state index contributed by atoms with van der Waals surface area (Å²) in [6.45, 7) is 13.1. The molecule has 0 radical (unpaired) electrons. The van der Waals surface area contributed by atoms with Crippen molar-refractivity contribution in [1.82, 2.24) is 34.5 Å². The second-order valence-corrected chi connectivity index (χ2v) is 16.5. The van der Waals surface area contributed by atoms with Crippen LogP contribution in [-0.2, 0) is 43.4 Å². The van der Waals surface area contributed by atoms with Gasteiger partial charge in [-0.05, 0) is 84.5 Å². The Bertz CT molecular complexity index is 3100. The van der Waals surface area contributed by atoms with E-state index >= 15 is 0 Å². The highest BCUT2D eigenvalue weighted by atomic mass is 16.6. The number of aryl methyl sites for hydroxylation is 1. The number of nitrogens with one attached hydrogen (secondary N) is 2. The van der Waals surface area contributed by atoms with E-state index in [1.54, 1.807) is 37.3 Å². The first kappa shape index (κ1) is 41.7. The number of aromatic amines is 1. The number of H-pyrrole nitrogens is 1. The van der Waals surface area contributed by atoms with Crippen LogP contribution in [0.2, 0.25) is 0 Å². The van der Waals surface area contributed by atoms with Crippen LogP contribution >= 0.6 is 0 Å². The number of nitrogens with zero attached hydrogens (tertiary/aromatic N) is 5. The number of hydrogen-bond donors (Lipinski definition) is 5. The highest BCUT2D eigenvalue weighted by molar-refractivity contribution is 5.95. The van der Waals surface area contributed by atoms with E-state index in [1.165, 1.54) is 10.6 Å². The first-order valence-electron chi connectivity index (χ1n) is 21.3. The number of cyclic esters (lactones) is 1. The summed E-state index contributed by atoms with van der Waals surface area (Å²) in [5.74, 6) is -1.77. The molecule has 0 aliphatic carbocycles. The highest BCUT2D eigenvalue weighted by Crippen LogP contribution is 2.49. The van der Waals surface area contributed by atoms with Crippen LogP contribution in [-0.4, -0.2) is 81.1 Å². The molecule has 16 nitrogen and oxygen atoms in total. The van der Waals surface area contributed by atoms with Gasteiger partial charge in [-0.15, -0.1) is 0 Å². The molecule has 64 heavy (non-hydrogen) atoms. The number of pyridine rings is 1. The number of carbonyl (C=O) groups is 3. The van der Waals surface area contributed by atoms with Crippen molar-refractivity contribution in [3.8, 4) is 34.3 Å². The summed E-state index contributed by atoms with van der Waals surface area (Å²) in [5, 5.41) is 42.5. The maximum absolute atomic E-state index is 13.6. The van der Waals surface area contributed by atoms with Crippen molar-refractivity contribution >= 4 is 45.3 Å². The van der Waals surface area contributed by atoms with E-state index < -0.39 is 23.2 Å². The zero-order chi connectivity index (χ0) is 45.2. The Morgan fingerprint density at radius 3 is 2.61 bits per heavy atom. The normalized spacial score (nSPS) is 16.8. The molecule has 1 atom stereocenters. The average molecular weight is 866 g/mol. The maximum atomic E-state index is 13.6. The van der Waals surface area contributed by atoms with Crippen molar-refractivity contribution in [1.29, 1.82) is 0 Å². The van der Waals surface area contributed by atoms with Crippen molar-refractivity contribution in [3.63, 3.8) is 0 Å². The number of rotatable bonds is 12. The second-order valence-electron chi connectivity index (χ2n) is 16.5. The number of hydrogen-bond acceptors (Lipinski definition) is 12. The van der Waals surface area contributed by atoms with Gasteiger partial charge in [0.15, 0.2) is 5.82 Å². The molecule has 0 saturated heterocycles. The van der Waals surface area contributed by atoms with Crippen LogP contribution in [0.1, 0.15) is 75.3 Å². The lowest BCUT2D eigenvalue weighted by Crippen LogP contribution is -2.50. The van der Waals surface area contributed by atoms with Gasteiger partial charge in [0.1, 0.15) is 23.9 Å². The Morgan fingerprint density at radius 2 is 1.84 bits per heavy atom. The summed E-state index contributed by atoms with van der Waals surface area (Å²) in [6, 6.07) is 15.3. The number of phenols is 3. The van der Waals surface area contributed by atoms with E-state index in [-0.39, 0.29) is 72.9 Å². The lowest BCUT2D eigenvalue weighted by molar-refractivity contribution is -0.179. The van der Waals surface area contributed by atoms with Crippen LogP contribution in [0.25, 0.3) is 44.6 Å². The molecule has 3 aromatic carbocycles. The Balaban J connectivity index is 0.861. The van der Waals surface area contributed by atoms with Crippen LogP contribution in [0, 0.1) is 0 Å². The number of ether oxygens (including phenoxy) is 2. The number of amides is 1. The molecule has 0 fully saturated rings. The molecule has 0 saturated carbocycles. The van der Waals surface area contributed by atoms with Gasteiger partial charge in [-0.1, -0.05) is 34.3 Å². The molecule has 9 rings (SSSR count). The number of fused-ring (bicyclic) bond motifs is 5. The number of benzene rings is 3. The van der Waals surface area contributed by atoms with E-state index in [0.717, 1.165) is 44.3 Å². The van der Waals surface area contributed by atoms with Gasteiger partial charge in [-0.25, -0.2) is 24.2 Å². The SMILES string of the molecule is C=C1C2=C(C=C3c4nc5ccc(O)cc5c(CC)c4CN13)C(CC)(OC(=O)CCC(=O)NCCn1ccc3cc(-n4c(-c5cc(C(C)C)c(O)cc5O)n[nH]c4=O)ccc31)C(=O)OC2. The molecule has 6 aromatic rings. The molecular weight excluding hydrogens is 819 g/mol. The van der Waals surface area contributed by atoms with E-state index in [9.17, 15) is 34.5 Å².